The maximum atomic E-state index is 12.6. The van der Waals surface area contributed by atoms with Crippen LogP contribution in [0.5, 0.6) is 0 Å². The van der Waals surface area contributed by atoms with E-state index in [0.29, 0.717) is 34.4 Å². The van der Waals surface area contributed by atoms with Gasteiger partial charge in [-0.3, -0.25) is 0 Å². The number of carbonyl (C=O) groups is 1. The fourth-order valence-electron chi connectivity index (χ4n) is 2.56. The number of methoxy groups -OCH3 is 1. The molecule has 0 fully saturated rings. The Morgan fingerprint density at radius 3 is 2.92 bits per heavy atom. The number of nitrogens with one attached hydrogen (secondary N) is 1. The van der Waals surface area contributed by atoms with Crippen molar-refractivity contribution in [1.29, 1.82) is 0 Å². The predicted octanol–water partition coefficient (Wildman–Crippen LogP) is 1.80. The molecular formula is C15H16ClN5O3. The van der Waals surface area contributed by atoms with Crippen LogP contribution in [0.3, 0.4) is 0 Å². The zero-order chi connectivity index (χ0) is 17.1. The first kappa shape index (κ1) is 16.4. The first-order chi connectivity index (χ1) is 11.6. The number of benzene rings is 1. The lowest BCUT2D eigenvalue weighted by Crippen LogP contribution is -2.30. The summed E-state index contributed by atoms with van der Waals surface area (Å²) in [4.78, 5) is 12.6. The smallest absolute Gasteiger partial charge is 0.338 e. The van der Waals surface area contributed by atoms with Gasteiger partial charge in [-0.15, -0.1) is 0 Å². The molecule has 1 aromatic carbocycles. The number of esters is 1. The van der Waals surface area contributed by atoms with Gasteiger partial charge in [0, 0.05) is 23.4 Å². The van der Waals surface area contributed by atoms with E-state index in [1.807, 2.05) is 18.2 Å². The SMILES string of the molecule is COCCOC(=O)C1=C(C)Nc2nnnn2C1c1ccccc1Cl. The molecule has 8 nitrogen and oxygen atoms in total. The highest BCUT2D eigenvalue weighted by molar-refractivity contribution is 6.31. The first-order valence-electron chi connectivity index (χ1n) is 7.29. The van der Waals surface area contributed by atoms with Crippen LogP contribution in [0, 0.1) is 0 Å². The van der Waals surface area contributed by atoms with Crippen molar-refractivity contribution in [1.82, 2.24) is 20.2 Å². The van der Waals surface area contributed by atoms with Gasteiger partial charge in [0.15, 0.2) is 0 Å². The summed E-state index contributed by atoms with van der Waals surface area (Å²) in [6.07, 6.45) is 0. The van der Waals surface area contributed by atoms with Gasteiger partial charge in [0.05, 0.1) is 12.2 Å². The highest BCUT2D eigenvalue weighted by Gasteiger charge is 2.35. The normalized spacial score (nSPS) is 16.5. The summed E-state index contributed by atoms with van der Waals surface area (Å²) in [6, 6.07) is 6.68. The summed E-state index contributed by atoms with van der Waals surface area (Å²) in [6.45, 7) is 2.25. The van der Waals surface area contributed by atoms with Crippen LogP contribution < -0.4 is 5.32 Å². The molecule has 24 heavy (non-hydrogen) atoms. The van der Waals surface area contributed by atoms with Crippen LogP contribution in [0.15, 0.2) is 35.5 Å². The number of hydrogen-bond acceptors (Lipinski definition) is 7. The van der Waals surface area contributed by atoms with Crippen LogP contribution >= 0.6 is 11.6 Å². The molecule has 2 heterocycles. The number of nitrogens with zero attached hydrogens (tertiary/aromatic N) is 4. The fourth-order valence-corrected chi connectivity index (χ4v) is 2.80. The highest BCUT2D eigenvalue weighted by atomic mass is 35.5. The Balaban J connectivity index is 2.04. The minimum absolute atomic E-state index is 0.157. The second-order valence-electron chi connectivity index (χ2n) is 5.16. The summed E-state index contributed by atoms with van der Waals surface area (Å²) >= 11 is 6.34. The van der Waals surface area contributed by atoms with E-state index in [4.69, 9.17) is 21.1 Å². The van der Waals surface area contributed by atoms with Gasteiger partial charge >= 0.3 is 5.97 Å². The van der Waals surface area contributed by atoms with Gasteiger partial charge in [-0.2, -0.15) is 4.68 Å². The van der Waals surface area contributed by atoms with Crippen molar-refractivity contribution in [3.05, 3.63) is 46.1 Å². The van der Waals surface area contributed by atoms with Crippen molar-refractivity contribution in [2.45, 2.75) is 13.0 Å². The molecule has 0 saturated heterocycles. The van der Waals surface area contributed by atoms with E-state index in [0.717, 1.165) is 0 Å². The number of anilines is 1. The Kier molecular flexibility index (Phi) is 4.77. The molecular weight excluding hydrogens is 334 g/mol. The first-order valence-corrected chi connectivity index (χ1v) is 7.67. The number of carbonyl (C=O) groups excluding carboxylic acids is 1. The molecule has 126 valence electrons. The molecule has 1 N–H and O–H groups in total. The third-order valence-corrected chi connectivity index (χ3v) is 4.00. The molecule has 9 heteroatoms. The number of allylic oxidation sites excluding steroid dienone is 1. The van der Waals surface area contributed by atoms with Crippen molar-refractivity contribution >= 4 is 23.5 Å². The molecule has 0 spiro atoms. The topological polar surface area (TPSA) is 91.2 Å². The Morgan fingerprint density at radius 2 is 2.17 bits per heavy atom. The second-order valence-corrected chi connectivity index (χ2v) is 5.57. The van der Waals surface area contributed by atoms with Crippen molar-refractivity contribution in [3.63, 3.8) is 0 Å². The highest BCUT2D eigenvalue weighted by Crippen LogP contribution is 2.37. The summed E-state index contributed by atoms with van der Waals surface area (Å²) in [5.74, 6) is -0.0334. The lowest BCUT2D eigenvalue weighted by molar-refractivity contribution is -0.140. The lowest BCUT2D eigenvalue weighted by atomic mass is 9.96. The molecule has 0 aliphatic carbocycles. The largest absolute Gasteiger partial charge is 0.460 e. The van der Waals surface area contributed by atoms with E-state index in [1.165, 1.54) is 4.68 Å². The lowest BCUT2D eigenvalue weighted by Gasteiger charge is -2.27. The van der Waals surface area contributed by atoms with Gasteiger partial charge < -0.3 is 14.8 Å². The zero-order valence-corrected chi connectivity index (χ0v) is 13.9. The van der Waals surface area contributed by atoms with E-state index in [2.05, 4.69) is 20.8 Å². The monoisotopic (exact) mass is 349 g/mol. The van der Waals surface area contributed by atoms with E-state index in [-0.39, 0.29) is 6.61 Å². The molecule has 1 aromatic heterocycles. The minimum atomic E-state index is -0.569. The average molecular weight is 350 g/mol. The standard InChI is InChI=1S/C15H16ClN5O3/c1-9-12(14(22)24-8-7-23-2)13(10-5-3-4-6-11(10)16)21-15(17-9)18-19-20-21/h3-6,13H,7-8H2,1-2H3,(H,17,18,20). The van der Waals surface area contributed by atoms with Crippen LogP contribution in [0.4, 0.5) is 5.95 Å². The molecule has 1 aliphatic heterocycles. The van der Waals surface area contributed by atoms with Gasteiger partial charge in [-0.05, 0) is 23.4 Å². The quantitative estimate of drug-likeness (QED) is 0.650. The predicted molar refractivity (Wildman–Crippen MR) is 86.6 cm³/mol. The van der Waals surface area contributed by atoms with Crippen molar-refractivity contribution in [2.75, 3.05) is 25.6 Å². The fraction of sp³-hybridized carbons (Fsp3) is 0.333. The van der Waals surface area contributed by atoms with E-state index in [9.17, 15) is 4.79 Å². The summed E-state index contributed by atoms with van der Waals surface area (Å²) < 4.78 is 11.7. The Morgan fingerprint density at radius 1 is 1.38 bits per heavy atom. The summed E-state index contributed by atoms with van der Waals surface area (Å²) in [5, 5.41) is 15.1. The second kappa shape index (κ2) is 6.98. The van der Waals surface area contributed by atoms with E-state index in [1.54, 1.807) is 20.1 Å². The number of halogens is 1. The van der Waals surface area contributed by atoms with E-state index >= 15 is 0 Å². The van der Waals surface area contributed by atoms with Crippen LogP contribution in [0.25, 0.3) is 0 Å². The van der Waals surface area contributed by atoms with Gasteiger partial charge in [0.2, 0.25) is 5.95 Å². The Hall–Kier alpha value is -2.45. The summed E-state index contributed by atoms with van der Waals surface area (Å²) in [7, 11) is 1.54. The van der Waals surface area contributed by atoms with Crippen LogP contribution in [-0.4, -0.2) is 46.5 Å². The Labute approximate surface area is 143 Å². The maximum absolute atomic E-state index is 12.6. The number of aromatic nitrogens is 4. The third-order valence-electron chi connectivity index (χ3n) is 3.65. The molecule has 3 rings (SSSR count). The van der Waals surface area contributed by atoms with Crippen molar-refractivity contribution in [3.8, 4) is 0 Å². The average Bonchev–Trinajstić information content (AvgIpc) is 3.02. The van der Waals surface area contributed by atoms with Gasteiger partial charge in [-0.1, -0.05) is 34.9 Å². The van der Waals surface area contributed by atoms with Crippen LogP contribution in [0.2, 0.25) is 5.02 Å². The van der Waals surface area contributed by atoms with E-state index < -0.39 is 12.0 Å². The summed E-state index contributed by atoms with van der Waals surface area (Å²) in [5.41, 5.74) is 1.73. The molecule has 1 aliphatic rings. The molecule has 0 amide bonds. The van der Waals surface area contributed by atoms with Crippen LogP contribution in [-0.2, 0) is 14.3 Å². The van der Waals surface area contributed by atoms with Crippen molar-refractivity contribution < 1.29 is 14.3 Å². The third kappa shape index (κ3) is 2.98. The number of fused-ring (bicyclic) bond motifs is 1. The van der Waals surface area contributed by atoms with Gasteiger partial charge in [0.25, 0.3) is 0 Å². The van der Waals surface area contributed by atoms with Gasteiger partial charge in [0.1, 0.15) is 12.6 Å². The van der Waals surface area contributed by atoms with Crippen molar-refractivity contribution in [2.24, 2.45) is 0 Å². The molecule has 0 saturated carbocycles. The number of hydrogen-bond donors (Lipinski definition) is 1. The maximum Gasteiger partial charge on any atom is 0.338 e. The molecule has 1 unspecified atom stereocenters. The minimum Gasteiger partial charge on any atom is -0.460 e. The van der Waals surface area contributed by atoms with Crippen LogP contribution in [0.1, 0.15) is 18.5 Å². The Bertz CT molecular complexity index is 789. The molecule has 0 radical (unpaired) electrons. The number of rotatable bonds is 5. The molecule has 2 aromatic rings. The zero-order valence-electron chi connectivity index (χ0n) is 13.2. The number of ether oxygens (including phenoxy) is 2. The molecule has 0 bridgehead atoms. The molecule has 1 atom stereocenters. The number of tetrazole rings is 1. The van der Waals surface area contributed by atoms with Gasteiger partial charge in [-0.25, -0.2) is 4.79 Å².